The van der Waals surface area contributed by atoms with Crippen molar-refractivity contribution in [2.75, 3.05) is 27.4 Å². The van der Waals surface area contributed by atoms with Crippen LogP contribution >= 0.6 is 0 Å². The van der Waals surface area contributed by atoms with Crippen LogP contribution in [0.25, 0.3) is 11.1 Å². The Kier molecular flexibility index (Phi) is 6.11. The molecule has 3 rings (SSSR count). The Morgan fingerprint density at radius 1 is 1.04 bits per heavy atom. The van der Waals surface area contributed by atoms with Gasteiger partial charge >= 0.3 is 12.0 Å². The Morgan fingerprint density at radius 2 is 1.68 bits per heavy atom. The molecule has 0 aromatic heterocycles. The van der Waals surface area contributed by atoms with Gasteiger partial charge in [-0.3, -0.25) is 4.90 Å². The maximum Gasteiger partial charge on any atom is 0.337 e. The number of esters is 1. The van der Waals surface area contributed by atoms with E-state index in [9.17, 15) is 9.59 Å². The van der Waals surface area contributed by atoms with Gasteiger partial charge in [0.25, 0.3) is 0 Å². The number of hydrogen-bond donors (Lipinski definition) is 1. The number of hydrogen-bond acceptors (Lipinski definition) is 4. The Labute approximate surface area is 164 Å². The SMILES string of the molecule is COCCN1C(=O)NC(c2ccc(-c3ccccc3)cc2)C(C(=O)OC)=C1C. The fourth-order valence-corrected chi connectivity index (χ4v) is 3.36. The summed E-state index contributed by atoms with van der Waals surface area (Å²) >= 11 is 0. The van der Waals surface area contributed by atoms with Crippen molar-refractivity contribution in [1.29, 1.82) is 0 Å². The van der Waals surface area contributed by atoms with Gasteiger partial charge in [-0.2, -0.15) is 0 Å². The summed E-state index contributed by atoms with van der Waals surface area (Å²) in [4.78, 5) is 26.6. The largest absolute Gasteiger partial charge is 0.466 e. The Hall–Kier alpha value is -3.12. The quantitative estimate of drug-likeness (QED) is 0.779. The molecule has 2 amide bonds. The van der Waals surface area contributed by atoms with Gasteiger partial charge in [-0.15, -0.1) is 0 Å². The van der Waals surface area contributed by atoms with Crippen LogP contribution in [0.4, 0.5) is 4.79 Å². The fraction of sp³-hybridized carbons (Fsp3) is 0.273. The number of allylic oxidation sites excluding steroid dienone is 1. The van der Waals surface area contributed by atoms with Crippen molar-refractivity contribution in [3.63, 3.8) is 0 Å². The number of rotatable bonds is 6. The molecule has 0 saturated carbocycles. The summed E-state index contributed by atoms with van der Waals surface area (Å²) in [6.07, 6.45) is 0. The number of urea groups is 1. The average molecular weight is 380 g/mol. The predicted molar refractivity (Wildman–Crippen MR) is 106 cm³/mol. The summed E-state index contributed by atoms with van der Waals surface area (Å²) in [5.41, 5.74) is 3.98. The van der Waals surface area contributed by atoms with E-state index in [0.29, 0.717) is 24.4 Å². The van der Waals surface area contributed by atoms with Gasteiger partial charge < -0.3 is 14.8 Å². The van der Waals surface area contributed by atoms with Crippen molar-refractivity contribution in [2.24, 2.45) is 0 Å². The molecular weight excluding hydrogens is 356 g/mol. The number of ether oxygens (including phenoxy) is 2. The van der Waals surface area contributed by atoms with Crippen LogP contribution in [-0.4, -0.2) is 44.3 Å². The zero-order valence-electron chi connectivity index (χ0n) is 16.3. The van der Waals surface area contributed by atoms with E-state index in [4.69, 9.17) is 9.47 Å². The lowest BCUT2D eigenvalue weighted by molar-refractivity contribution is -0.136. The lowest BCUT2D eigenvalue weighted by Crippen LogP contribution is -2.48. The third kappa shape index (κ3) is 3.92. The van der Waals surface area contributed by atoms with Gasteiger partial charge in [0, 0.05) is 12.8 Å². The minimum Gasteiger partial charge on any atom is -0.466 e. The first-order valence-electron chi connectivity index (χ1n) is 9.08. The van der Waals surface area contributed by atoms with Crippen LogP contribution in [-0.2, 0) is 14.3 Å². The summed E-state index contributed by atoms with van der Waals surface area (Å²) in [5, 5.41) is 2.92. The maximum atomic E-state index is 12.6. The first kappa shape index (κ1) is 19.6. The fourth-order valence-electron chi connectivity index (χ4n) is 3.36. The van der Waals surface area contributed by atoms with E-state index in [0.717, 1.165) is 16.7 Å². The molecular formula is C22H24N2O4. The monoisotopic (exact) mass is 380 g/mol. The molecule has 6 heteroatoms. The molecule has 1 aliphatic rings. The van der Waals surface area contributed by atoms with Crippen molar-refractivity contribution < 1.29 is 19.1 Å². The van der Waals surface area contributed by atoms with Crippen molar-refractivity contribution in [1.82, 2.24) is 10.2 Å². The molecule has 2 aromatic rings. The molecule has 146 valence electrons. The summed E-state index contributed by atoms with van der Waals surface area (Å²) in [6.45, 7) is 2.48. The maximum absolute atomic E-state index is 12.6. The molecule has 1 aliphatic heterocycles. The molecule has 1 N–H and O–H groups in total. The molecule has 2 aromatic carbocycles. The lowest BCUT2D eigenvalue weighted by atomic mass is 9.93. The number of nitrogens with zero attached hydrogens (tertiary/aromatic N) is 1. The molecule has 0 aliphatic carbocycles. The Balaban J connectivity index is 1.96. The Morgan fingerprint density at radius 3 is 2.29 bits per heavy atom. The van der Waals surface area contributed by atoms with Crippen molar-refractivity contribution in [3.8, 4) is 11.1 Å². The number of nitrogens with one attached hydrogen (secondary N) is 1. The van der Waals surface area contributed by atoms with Gasteiger partial charge in [0.15, 0.2) is 0 Å². The van der Waals surface area contributed by atoms with E-state index in [1.807, 2.05) is 54.6 Å². The van der Waals surface area contributed by atoms with Gasteiger partial charge in [-0.1, -0.05) is 54.6 Å². The van der Waals surface area contributed by atoms with Gasteiger partial charge in [0.05, 0.1) is 31.9 Å². The van der Waals surface area contributed by atoms with E-state index in [2.05, 4.69) is 5.32 Å². The summed E-state index contributed by atoms with van der Waals surface area (Å²) in [5.74, 6) is -0.461. The highest BCUT2D eigenvalue weighted by atomic mass is 16.5. The third-order valence-corrected chi connectivity index (χ3v) is 4.87. The molecule has 0 saturated heterocycles. The molecule has 6 nitrogen and oxygen atoms in total. The van der Waals surface area contributed by atoms with Crippen molar-refractivity contribution >= 4 is 12.0 Å². The average Bonchev–Trinajstić information content (AvgIpc) is 2.73. The molecule has 0 spiro atoms. The first-order valence-corrected chi connectivity index (χ1v) is 9.08. The summed E-state index contributed by atoms with van der Waals surface area (Å²) < 4.78 is 10.1. The topological polar surface area (TPSA) is 67.9 Å². The summed E-state index contributed by atoms with van der Waals surface area (Å²) in [6, 6.07) is 17.0. The molecule has 1 heterocycles. The second-order valence-corrected chi connectivity index (χ2v) is 6.51. The normalized spacial score (nSPS) is 16.8. The molecule has 28 heavy (non-hydrogen) atoms. The zero-order valence-corrected chi connectivity index (χ0v) is 16.3. The summed E-state index contributed by atoms with van der Waals surface area (Å²) in [7, 11) is 2.91. The number of carbonyl (C=O) groups is 2. The molecule has 1 unspecified atom stereocenters. The van der Waals surface area contributed by atoms with E-state index >= 15 is 0 Å². The second kappa shape index (κ2) is 8.71. The third-order valence-electron chi connectivity index (χ3n) is 4.87. The van der Waals surface area contributed by atoms with Crippen LogP contribution in [0, 0.1) is 0 Å². The minimum absolute atomic E-state index is 0.265. The standard InChI is InChI=1S/C22H24N2O4/c1-15-19(21(25)28-3)20(23-22(26)24(15)13-14-27-2)18-11-9-17(10-12-18)16-7-5-4-6-8-16/h4-12,20H,13-14H2,1-3H3,(H,23,26). The lowest BCUT2D eigenvalue weighted by Gasteiger charge is -2.35. The molecule has 0 fully saturated rings. The molecule has 0 radical (unpaired) electrons. The highest BCUT2D eigenvalue weighted by Gasteiger charge is 2.36. The highest BCUT2D eigenvalue weighted by molar-refractivity contribution is 5.95. The van der Waals surface area contributed by atoms with E-state index in [1.54, 1.807) is 14.0 Å². The zero-order chi connectivity index (χ0) is 20.1. The van der Waals surface area contributed by atoms with Crippen LogP contribution < -0.4 is 5.32 Å². The van der Waals surface area contributed by atoms with Gasteiger partial charge in [0.2, 0.25) is 0 Å². The van der Waals surface area contributed by atoms with Gasteiger partial charge in [-0.05, 0) is 23.6 Å². The first-order chi connectivity index (χ1) is 13.6. The second-order valence-electron chi connectivity index (χ2n) is 6.51. The van der Waals surface area contributed by atoms with Crippen molar-refractivity contribution in [3.05, 3.63) is 71.4 Å². The van der Waals surface area contributed by atoms with E-state index < -0.39 is 12.0 Å². The number of carbonyl (C=O) groups excluding carboxylic acids is 2. The van der Waals surface area contributed by atoms with Crippen LogP contribution in [0.3, 0.4) is 0 Å². The van der Waals surface area contributed by atoms with E-state index in [1.165, 1.54) is 12.0 Å². The van der Waals surface area contributed by atoms with Crippen LogP contribution in [0.1, 0.15) is 18.5 Å². The predicted octanol–water partition coefficient (Wildman–Crippen LogP) is 3.51. The smallest absolute Gasteiger partial charge is 0.337 e. The highest BCUT2D eigenvalue weighted by Crippen LogP contribution is 2.32. The number of benzene rings is 2. The minimum atomic E-state index is -0.566. The van der Waals surface area contributed by atoms with Gasteiger partial charge in [-0.25, -0.2) is 9.59 Å². The van der Waals surface area contributed by atoms with Crippen molar-refractivity contribution in [2.45, 2.75) is 13.0 Å². The number of methoxy groups -OCH3 is 2. The number of amides is 2. The van der Waals surface area contributed by atoms with Crippen LogP contribution in [0.15, 0.2) is 65.9 Å². The molecule has 1 atom stereocenters. The van der Waals surface area contributed by atoms with Gasteiger partial charge in [0.1, 0.15) is 0 Å². The Bertz CT molecular complexity index is 875. The van der Waals surface area contributed by atoms with Crippen LogP contribution in [0.2, 0.25) is 0 Å². The molecule has 0 bridgehead atoms. The van der Waals surface area contributed by atoms with Crippen LogP contribution in [0.5, 0.6) is 0 Å². The van der Waals surface area contributed by atoms with E-state index in [-0.39, 0.29) is 6.03 Å².